The van der Waals surface area contributed by atoms with Crippen LogP contribution in [0.15, 0.2) is 24.3 Å². The maximum Gasteiger partial charge on any atom is 0.122 e. The van der Waals surface area contributed by atoms with Gasteiger partial charge in [0.05, 0.1) is 19.8 Å². The summed E-state index contributed by atoms with van der Waals surface area (Å²) in [4.78, 5) is 2.39. The molecule has 1 saturated heterocycles. The number of ether oxygens (including phenoxy) is 2. The third-order valence-electron chi connectivity index (χ3n) is 3.75. The minimum Gasteiger partial charge on any atom is -0.496 e. The second kappa shape index (κ2) is 6.89. The molecule has 0 spiro atoms. The Morgan fingerprint density at radius 2 is 2.26 bits per heavy atom. The highest BCUT2D eigenvalue weighted by atomic mass is 16.5. The Morgan fingerprint density at radius 1 is 1.47 bits per heavy atom. The predicted octanol–water partition coefficient (Wildman–Crippen LogP) is 1.29. The molecule has 1 fully saturated rings. The summed E-state index contributed by atoms with van der Waals surface area (Å²) in [5, 5.41) is 0. The maximum absolute atomic E-state index is 6.31. The van der Waals surface area contributed by atoms with Crippen LogP contribution in [0.4, 0.5) is 0 Å². The quantitative estimate of drug-likeness (QED) is 0.870. The first-order valence-electron chi connectivity index (χ1n) is 6.96. The van der Waals surface area contributed by atoms with Gasteiger partial charge in [-0.2, -0.15) is 0 Å². The summed E-state index contributed by atoms with van der Waals surface area (Å²) in [7, 11) is 1.69. The Labute approximate surface area is 115 Å². The van der Waals surface area contributed by atoms with Crippen molar-refractivity contribution in [3.05, 3.63) is 29.8 Å². The van der Waals surface area contributed by atoms with Crippen molar-refractivity contribution in [3.8, 4) is 5.75 Å². The molecule has 19 heavy (non-hydrogen) atoms. The highest BCUT2D eigenvalue weighted by Crippen LogP contribution is 2.20. The van der Waals surface area contributed by atoms with Gasteiger partial charge in [0.1, 0.15) is 5.75 Å². The van der Waals surface area contributed by atoms with Gasteiger partial charge in [-0.05, 0) is 24.6 Å². The third-order valence-corrected chi connectivity index (χ3v) is 3.75. The largest absolute Gasteiger partial charge is 0.496 e. The molecule has 2 rings (SSSR count). The van der Waals surface area contributed by atoms with Crippen molar-refractivity contribution in [2.24, 2.45) is 5.73 Å². The molecule has 0 bridgehead atoms. The normalized spacial score (nSPS) is 22.2. The Bertz CT molecular complexity index is 397. The van der Waals surface area contributed by atoms with Crippen LogP contribution in [0.25, 0.3) is 0 Å². The fourth-order valence-corrected chi connectivity index (χ4v) is 2.53. The average molecular weight is 264 g/mol. The van der Waals surface area contributed by atoms with E-state index in [0.29, 0.717) is 0 Å². The number of morpholine rings is 1. The Balaban J connectivity index is 1.98. The van der Waals surface area contributed by atoms with Gasteiger partial charge in [0.15, 0.2) is 0 Å². The van der Waals surface area contributed by atoms with Crippen LogP contribution >= 0.6 is 0 Å². The molecule has 4 heteroatoms. The molecule has 106 valence electrons. The van der Waals surface area contributed by atoms with E-state index >= 15 is 0 Å². The summed E-state index contributed by atoms with van der Waals surface area (Å²) in [6.45, 7) is 5.94. The monoisotopic (exact) mass is 264 g/mol. The van der Waals surface area contributed by atoms with Gasteiger partial charge in [-0.1, -0.05) is 25.1 Å². The van der Waals surface area contributed by atoms with Crippen molar-refractivity contribution in [2.75, 3.05) is 33.4 Å². The van der Waals surface area contributed by atoms with Crippen molar-refractivity contribution in [2.45, 2.75) is 25.5 Å². The van der Waals surface area contributed by atoms with Crippen molar-refractivity contribution in [1.82, 2.24) is 4.90 Å². The molecular weight excluding hydrogens is 240 g/mol. The number of hydrogen-bond donors (Lipinski definition) is 1. The smallest absolute Gasteiger partial charge is 0.122 e. The van der Waals surface area contributed by atoms with E-state index in [9.17, 15) is 0 Å². The van der Waals surface area contributed by atoms with Gasteiger partial charge in [0.2, 0.25) is 0 Å². The van der Waals surface area contributed by atoms with Crippen molar-refractivity contribution < 1.29 is 9.47 Å². The lowest BCUT2D eigenvalue weighted by molar-refractivity contribution is -0.0386. The van der Waals surface area contributed by atoms with Crippen LogP contribution in [-0.2, 0) is 11.2 Å². The Hall–Kier alpha value is -1.10. The highest BCUT2D eigenvalue weighted by Gasteiger charge is 2.25. The number of hydrogen-bond acceptors (Lipinski definition) is 4. The molecule has 4 nitrogen and oxygen atoms in total. The van der Waals surface area contributed by atoms with Crippen LogP contribution in [0.5, 0.6) is 5.75 Å². The molecule has 0 saturated carbocycles. The summed E-state index contributed by atoms with van der Waals surface area (Å²) >= 11 is 0. The predicted molar refractivity (Wildman–Crippen MR) is 76.5 cm³/mol. The standard InChI is InChI=1S/C15H24N2O2/c1-3-17-8-9-19-15(11-17)13(16)10-12-6-4-5-7-14(12)18-2/h4-7,13,15H,3,8-11,16H2,1-2H3. The number of para-hydroxylation sites is 1. The van der Waals surface area contributed by atoms with Gasteiger partial charge in [0, 0.05) is 19.1 Å². The third kappa shape index (κ3) is 3.69. The number of nitrogens with zero attached hydrogens (tertiary/aromatic N) is 1. The van der Waals surface area contributed by atoms with E-state index in [2.05, 4.69) is 17.9 Å². The van der Waals surface area contributed by atoms with Gasteiger partial charge in [-0.25, -0.2) is 0 Å². The molecule has 0 radical (unpaired) electrons. The molecule has 2 N–H and O–H groups in total. The van der Waals surface area contributed by atoms with E-state index in [1.165, 1.54) is 0 Å². The van der Waals surface area contributed by atoms with E-state index in [4.69, 9.17) is 15.2 Å². The van der Waals surface area contributed by atoms with Crippen LogP contribution in [0.3, 0.4) is 0 Å². The van der Waals surface area contributed by atoms with E-state index in [-0.39, 0.29) is 12.1 Å². The molecule has 0 amide bonds. The lowest BCUT2D eigenvalue weighted by atomic mass is 10.00. The summed E-state index contributed by atoms with van der Waals surface area (Å²) in [5.41, 5.74) is 7.46. The fraction of sp³-hybridized carbons (Fsp3) is 0.600. The van der Waals surface area contributed by atoms with Crippen LogP contribution < -0.4 is 10.5 Å². The zero-order valence-electron chi connectivity index (χ0n) is 11.8. The summed E-state index contributed by atoms with van der Waals surface area (Å²) in [6.07, 6.45) is 0.894. The molecule has 1 aliphatic heterocycles. The van der Waals surface area contributed by atoms with E-state index in [0.717, 1.165) is 44.0 Å². The van der Waals surface area contributed by atoms with Gasteiger partial charge >= 0.3 is 0 Å². The van der Waals surface area contributed by atoms with Crippen LogP contribution in [-0.4, -0.2) is 50.4 Å². The van der Waals surface area contributed by atoms with Gasteiger partial charge in [0.25, 0.3) is 0 Å². The zero-order chi connectivity index (χ0) is 13.7. The Kier molecular flexibility index (Phi) is 5.19. The van der Waals surface area contributed by atoms with Gasteiger partial charge < -0.3 is 15.2 Å². The first kappa shape index (κ1) is 14.3. The highest BCUT2D eigenvalue weighted by molar-refractivity contribution is 5.34. The molecule has 0 aliphatic carbocycles. The topological polar surface area (TPSA) is 47.7 Å². The molecule has 1 aromatic rings. The minimum absolute atomic E-state index is 0.00523. The fourth-order valence-electron chi connectivity index (χ4n) is 2.53. The summed E-state index contributed by atoms with van der Waals surface area (Å²) in [5.74, 6) is 0.904. The molecule has 0 aromatic heterocycles. The molecule has 1 heterocycles. The molecule has 2 unspecified atom stereocenters. The van der Waals surface area contributed by atoms with Crippen LogP contribution in [0.2, 0.25) is 0 Å². The first-order chi connectivity index (χ1) is 9.24. The van der Waals surface area contributed by atoms with Crippen molar-refractivity contribution in [1.29, 1.82) is 0 Å². The Morgan fingerprint density at radius 3 is 3.00 bits per heavy atom. The van der Waals surface area contributed by atoms with Gasteiger partial charge in [-0.3, -0.25) is 4.90 Å². The molecule has 1 aromatic carbocycles. The number of benzene rings is 1. The maximum atomic E-state index is 6.31. The average Bonchev–Trinajstić information content (AvgIpc) is 2.47. The van der Waals surface area contributed by atoms with Crippen LogP contribution in [0, 0.1) is 0 Å². The zero-order valence-corrected chi connectivity index (χ0v) is 11.8. The molecule has 1 aliphatic rings. The lowest BCUT2D eigenvalue weighted by Gasteiger charge is -2.35. The molecular formula is C15H24N2O2. The SMILES string of the molecule is CCN1CCOC(C(N)Cc2ccccc2OC)C1. The van der Waals surface area contributed by atoms with E-state index in [1.807, 2.05) is 18.2 Å². The lowest BCUT2D eigenvalue weighted by Crippen LogP contribution is -2.51. The second-order valence-corrected chi connectivity index (χ2v) is 4.98. The second-order valence-electron chi connectivity index (χ2n) is 4.98. The number of nitrogens with two attached hydrogens (primary N) is 1. The van der Waals surface area contributed by atoms with E-state index in [1.54, 1.807) is 7.11 Å². The number of methoxy groups -OCH3 is 1. The minimum atomic E-state index is 0.00523. The first-order valence-corrected chi connectivity index (χ1v) is 6.96. The summed E-state index contributed by atoms with van der Waals surface area (Å²) in [6, 6.07) is 8.04. The molecule has 2 atom stereocenters. The number of likely N-dealkylation sites (N-methyl/N-ethyl adjacent to an activating group) is 1. The van der Waals surface area contributed by atoms with E-state index < -0.39 is 0 Å². The van der Waals surface area contributed by atoms with Gasteiger partial charge in [-0.15, -0.1) is 0 Å². The van der Waals surface area contributed by atoms with Crippen molar-refractivity contribution >= 4 is 0 Å². The van der Waals surface area contributed by atoms with Crippen molar-refractivity contribution in [3.63, 3.8) is 0 Å². The summed E-state index contributed by atoms with van der Waals surface area (Å²) < 4.78 is 11.2. The number of rotatable bonds is 5. The van der Waals surface area contributed by atoms with Crippen LogP contribution in [0.1, 0.15) is 12.5 Å².